The van der Waals surface area contributed by atoms with Crippen LogP contribution in [0.3, 0.4) is 0 Å². The first-order chi connectivity index (χ1) is 15.9. The maximum atomic E-state index is 14.8. The Morgan fingerprint density at radius 3 is 1.94 bits per heavy atom. The lowest BCUT2D eigenvalue weighted by atomic mass is 9.76. The molecule has 2 aliphatic rings. The first-order valence-corrected chi connectivity index (χ1v) is 15.3. The smallest absolute Gasteiger partial charge is 0.194 e. The Kier molecular flexibility index (Phi) is 8.32. The van der Waals surface area contributed by atoms with Crippen molar-refractivity contribution in [2.24, 2.45) is 11.8 Å². The quantitative estimate of drug-likeness (QED) is 0.212. The van der Waals surface area contributed by atoms with Crippen LogP contribution in [0.4, 0.5) is 17.6 Å². The van der Waals surface area contributed by atoms with Crippen LogP contribution < -0.4 is 0 Å². The fourth-order valence-electron chi connectivity index (χ4n) is 6.20. The van der Waals surface area contributed by atoms with E-state index in [4.69, 9.17) is 0 Å². The molecule has 2 fully saturated rings. The van der Waals surface area contributed by atoms with Crippen LogP contribution in [0.5, 0.6) is 0 Å². The largest absolute Gasteiger partial charge is 0.206 e. The standard InChI is InChI=1S/C28H36F4Si/c1-2-13-33-14-11-20(12-15-33)4-3-19-5-7-21(8-6-19)22-9-10-24(25(29)16-22)23-17-26(30)28(32)27(31)18-23/h9-10,16-21,33H,2-8,11-15H2,1H3/t19-,20?,21-,33?. The van der Waals surface area contributed by atoms with Crippen molar-refractivity contribution in [2.45, 2.75) is 88.8 Å². The maximum Gasteiger partial charge on any atom is 0.194 e. The molecule has 1 aliphatic heterocycles. The highest BCUT2D eigenvalue weighted by atomic mass is 28.3. The summed E-state index contributed by atoms with van der Waals surface area (Å²) in [5, 5.41) is 0. The first kappa shape index (κ1) is 24.5. The summed E-state index contributed by atoms with van der Waals surface area (Å²) in [4.78, 5) is 0. The second-order valence-electron chi connectivity index (χ2n) is 10.5. The number of halogens is 4. The molecule has 2 aromatic rings. The molecule has 0 radical (unpaired) electrons. The van der Waals surface area contributed by atoms with Gasteiger partial charge in [-0.1, -0.05) is 69.3 Å². The predicted molar refractivity (Wildman–Crippen MR) is 130 cm³/mol. The molecule has 180 valence electrons. The van der Waals surface area contributed by atoms with E-state index in [1.54, 1.807) is 18.2 Å². The molecule has 1 saturated heterocycles. The van der Waals surface area contributed by atoms with Crippen molar-refractivity contribution in [3.8, 4) is 11.1 Å². The maximum absolute atomic E-state index is 14.8. The Labute approximate surface area is 197 Å². The Morgan fingerprint density at radius 2 is 1.36 bits per heavy atom. The molecule has 0 atom stereocenters. The normalized spacial score (nSPS) is 25.8. The molecule has 0 amide bonds. The van der Waals surface area contributed by atoms with E-state index in [1.165, 1.54) is 57.1 Å². The average Bonchev–Trinajstić information content (AvgIpc) is 2.82. The third-order valence-electron chi connectivity index (χ3n) is 8.25. The second kappa shape index (κ2) is 11.2. The number of rotatable bonds is 7. The summed E-state index contributed by atoms with van der Waals surface area (Å²) in [6.45, 7) is 2.33. The zero-order valence-electron chi connectivity index (χ0n) is 19.7. The van der Waals surface area contributed by atoms with Gasteiger partial charge in [0.15, 0.2) is 17.5 Å². The summed E-state index contributed by atoms with van der Waals surface area (Å²) in [7, 11) is -0.387. The molecule has 0 unspecified atom stereocenters. The molecule has 1 aliphatic carbocycles. The third kappa shape index (κ3) is 6.09. The van der Waals surface area contributed by atoms with Gasteiger partial charge in [0.1, 0.15) is 5.82 Å². The summed E-state index contributed by atoms with van der Waals surface area (Å²) in [6.07, 6.45) is 11.6. The summed E-state index contributed by atoms with van der Waals surface area (Å²) >= 11 is 0. The first-order valence-electron chi connectivity index (χ1n) is 12.9. The lowest BCUT2D eigenvalue weighted by Crippen LogP contribution is -2.22. The topological polar surface area (TPSA) is 0 Å². The number of hydrogen-bond donors (Lipinski definition) is 0. The molecule has 0 aromatic heterocycles. The van der Waals surface area contributed by atoms with Crippen LogP contribution in [-0.2, 0) is 0 Å². The van der Waals surface area contributed by atoms with Gasteiger partial charge in [0.25, 0.3) is 0 Å². The van der Waals surface area contributed by atoms with Gasteiger partial charge in [0.05, 0.1) is 0 Å². The highest BCUT2D eigenvalue weighted by molar-refractivity contribution is 6.58. The lowest BCUT2D eigenvalue weighted by molar-refractivity contribution is 0.280. The molecule has 0 bridgehead atoms. The molecule has 0 spiro atoms. The van der Waals surface area contributed by atoms with Crippen LogP contribution in [0.25, 0.3) is 11.1 Å². The minimum Gasteiger partial charge on any atom is -0.206 e. The van der Waals surface area contributed by atoms with Crippen LogP contribution in [0.15, 0.2) is 30.3 Å². The highest BCUT2D eigenvalue weighted by Gasteiger charge is 2.26. The van der Waals surface area contributed by atoms with E-state index in [-0.39, 0.29) is 19.9 Å². The molecular formula is C28H36F4Si. The van der Waals surface area contributed by atoms with Crippen molar-refractivity contribution in [2.75, 3.05) is 0 Å². The summed E-state index contributed by atoms with van der Waals surface area (Å²) < 4.78 is 55.1. The van der Waals surface area contributed by atoms with E-state index in [0.29, 0.717) is 5.92 Å². The van der Waals surface area contributed by atoms with Crippen LogP contribution in [0, 0.1) is 35.1 Å². The minimum atomic E-state index is -1.53. The Morgan fingerprint density at radius 1 is 0.758 bits per heavy atom. The van der Waals surface area contributed by atoms with Gasteiger partial charge in [-0.3, -0.25) is 0 Å². The number of hydrogen-bond acceptors (Lipinski definition) is 0. The zero-order chi connectivity index (χ0) is 23.4. The molecule has 4 rings (SSSR count). The minimum absolute atomic E-state index is 0.0190. The van der Waals surface area contributed by atoms with Gasteiger partial charge < -0.3 is 0 Å². The van der Waals surface area contributed by atoms with E-state index in [9.17, 15) is 17.6 Å². The van der Waals surface area contributed by atoms with Gasteiger partial charge in [-0.2, -0.15) is 0 Å². The van der Waals surface area contributed by atoms with E-state index in [1.807, 2.05) is 6.07 Å². The molecule has 5 heteroatoms. The molecule has 0 nitrogen and oxygen atoms in total. The van der Waals surface area contributed by atoms with E-state index >= 15 is 0 Å². The Balaban J connectivity index is 1.28. The summed E-state index contributed by atoms with van der Waals surface area (Å²) in [5.41, 5.74) is 1.07. The van der Waals surface area contributed by atoms with Crippen LogP contribution in [0.2, 0.25) is 18.1 Å². The zero-order valence-corrected chi connectivity index (χ0v) is 20.8. The third-order valence-corrected chi connectivity index (χ3v) is 11.9. The van der Waals surface area contributed by atoms with Gasteiger partial charge in [0.2, 0.25) is 0 Å². The van der Waals surface area contributed by atoms with Crippen molar-refractivity contribution in [3.63, 3.8) is 0 Å². The van der Waals surface area contributed by atoms with E-state index < -0.39 is 23.3 Å². The second-order valence-corrected chi connectivity index (χ2v) is 13.9. The summed E-state index contributed by atoms with van der Waals surface area (Å²) in [6, 6.07) is 11.3. The predicted octanol–water partition coefficient (Wildman–Crippen LogP) is 9.01. The molecule has 33 heavy (non-hydrogen) atoms. The van der Waals surface area contributed by atoms with Crippen molar-refractivity contribution in [3.05, 3.63) is 59.2 Å². The highest BCUT2D eigenvalue weighted by Crippen LogP contribution is 2.40. The van der Waals surface area contributed by atoms with E-state index in [2.05, 4.69) is 6.92 Å². The van der Waals surface area contributed by atoms with Crippen LogP contribution in [0.1, 0.15) is 76.2 Å². The Bertz CT molecular complexity index is 904. The average molecular weight is 477 g/mol. The SMILES string of the molecule is CCC[SiH]1CCC(CC[C@H]2CC[C@H](c3ccc(-c4cc(F)c(F)c(F)c4)c(F)c3)CC2)CC1. The van der Waals surface area contributed by atoms with Crippen LogP contribution in [-0.4, -0.2) is 8.80 Å². The van der Waals surface area contributed by atoms with Crippen molar-refractivity contribution in [1.82, 2.24) is 0 Å². The molecule has 0 N–H and O–H groups in total. The van der Waals surface area contributed by atoms with E-state index in [0.717, 1.165) is 42.4 Å². The van der Waals surface area contributed by atoms with Gasteiger partial charge in [-0.05, 0) is 72.8 Å². The molecule has 1 saturated carbocycles. The van der Waals surface area contributed by atoms with Gasteiger partial charge >= 0.3 is 0 Å². The monoisotopic (exact) mass is 476 g/mol. The summed E-state index contributed by atoms with van der Waals surface area (Å²) in [5.74, 6) is -2.57. The van der Waals surface area contributed by atoms with Gasteiger partial charge in [-0.25, -0.2) is 17.6 Å². The number of benzene rings is 2. The molecule has 2 aromatic carbocycles. The van der Waals surface area contributed by atoms with Gasteiger partial charge in [0, 0.05) is 14.4 Å². The molecule has 1 heterocycles. The van der Waals surface area contributed by atoms with Crippen molar-refractivity contribution < 1.29 is 17.6 Å². The lowest BCUT2D eigenvalue weighted by Gasteiger charge is -2.32. The molecular weight excluding hydrogens is 440 g/mol. The van der Waals surface area contributed by atoms with Crippen LogP contribution >= 0.6 is 0 Å². The Hall–Kier alpha value is -1.62. The van der Waals surface area contributed by atoms with Gasteiger partial charge in [-0.15, -0.1) is 0 Å². The van der Waals surface area contributed by atoms with Crippen molar-refractivity contribution >= 4 is 8.80 Å². The van der Waals surface area contributed by atoms with Crippen molar-refractivity contribution in [1.29, 1.82) is 0 Å². The fourth-order valence-corrected chi connectivity index (χ4v) is 9.77. The fraction of sp³-hybridized carbons (Fsp3) is 0.571.